The van der Waals surface area contributed by atoms with E-state index in [2.05, 4.69) is 21.2 Å². The lowest BCUT2D eigenvalue weighted by molar-refractivity contribution is -0.123. The first-order chi connectivity index (χ1) is 9.78. The largest absolute Gasteiger partial charge is 0.492 e. The Bertz CT molecular complexity index is 497. The molecule has 3 N–H and O–H groups in total. The van der Waals surface area contributed by atoms with Crippen LogP contribution in [0.1, 0.15) is 32.8 Å². The fourth-order valence-corrected chi connectivity index (χ4v) is 2.40. The van der Waals surface area contributed by atoms with E-state index in [1.54, 1.807) is 0 Å². The van der Waals surface area contributed by atoms with Crippen LogP contribution < -0.4 is 15.8 Å². The number of aryl methyl sites for hydroxylation is 1. The molecule has 0 heterocycles. The molecule has 1 amide bonds. The summed E-state index contributed by atoms with van der Waals surface area (Å²) in [7, 11) is 0. The molecule has 0 bridgehead atoms. The van der Waals surface area contributed by atoms with E-state index in [0.29, 0.717) is 19.6 Å². The molecule has 1 aromatic carbocycles. The van der Waals surface area contributed by atoms with E-state index >= 15 is 0 Å². The van der Waals surface area contributed by atoms with Crippen LogP contribution >= 0.6 is 28.3 Å². The highest BCUT2D eigenvalue weighted by molar-refractivity contribution is 9.10. The third-order valence-corrected chi connectivity index (χ3v) is 4.42. The second-order valence-electron chi connectivity index (χ2n) is 5.86. The average molecular weight is 394 g/mol. The van der Waals surface area contributed by atoms with Crippen molar-refractivity contribution in [1.29, 1.82) is 0 Å². The Morgan fingerprint density at radius 2 is 2.09 bits per heavy atom. The normalized spacial score (nSPS) is 13.2. The van der Waals surface area contributed by atoms with Crippen molar-refractivity contribution in [3.05, 3.63) is 28.2 Å². The van der Waals surface area contributed by atoms with Gasteiger partial charge in [0, 0.05) is 6.54 Å². The van der Waals surface area contributed by atoms with Crippen molar-refractivity contribution >= 4 is 34.2 Å². The minimum absolute atomic E-state index is 0. The Labute approximate surface area is 147 Å². The Kier molecular flexibility index (Phi) is 9.05. The molecule has 0 aliphatic rings. The third kappa shape index (κ3) is 6.15. The molecule has 0 spiro atoms. The summed E-state index contributed by atoms with van der Waals surface area (Å²) in [6.07, 6.45) is 0.308. The van der Waals surface area contributed by atoms with Crippen LogP contribution in [0.3, 0.4) is 0 Å². The Morgan fingerprint density at radius 1 is 1.45 bits per heavy atom. The number of ether oxygens (including phenoxy) is 1. The number of amides is 1. The molecule has 0 saturated carbocycles. The number of nitrogens with one attached hydrogen (secondary N) is 1. The number of rotatable bonds is 7. The van der Waals surface area contributed by atoms with Crippen LogP contribution in [0.2, 0.25) is 0 Å². The van der Waals surface area contributed by atoms with Crippen LogP contribution in [0.15, 0.2) is 22.7 Å². The van der Waals surface area contributed by atoms with E-state index in [9.17, 15) is 4.79 Å². The smallest absolute Gasteiger partial charge is 0.223 e. The number of carbonyl (C=O) groups is 1. The summed E-state index contributed by atoms with van der Waals surface area (Å²) >= 11 is 3.45. The monoisotopic (exact) mass is 392 g/mol. The van der Waals surface area contributed by atoms with E-state index < -0.39 is 0 Å². The van der Waals surface area contributed by atoms with Crippen molar-refractivity contribution < 1.29 is 9.53 Å². The number of benzene rings is 1. The van der Waals surface area contributed by atoms with Gasteiger partial charge >= 0.3 is 0 Å². The Balaban J connectivity index is 0.00000441. The molecule has 0 aliphatic carbocycles. The summed E-state index contributed by atoms with van der Waals surface area (Å²) in [5.41, 5.74) is 6.54. The zero-order valence-electron chi connectivity index (χ0n) is 13.6. The summed E-state index contributed by atoms with van der Waals surface area (Å²) in [6.45, 7) is 8.83. The minimum atomic E-state index is -0.373. The second kappa shape index (κ2) is 9.38. The third-order valence-electron chi connectivity index (χ3n) is 3.80. The van der Waals surface area contributed by atoms with Gasteiger partial charge in [-0.15, -0.1) is 12.4 Å². The van der Waals surface area contributed by atoms with Crippen LogP contribution in [-0.4, -0.2) is 24.6 Å². The van der Waals surface area contributed by atoms with E-state index in [0.717, 1.165) is 15.8 Å². The maximum atomic E-state index is 12.0. The van der Waals surface area contributed by atoms with Gasteiger partial charge in [-0.2, -0.15) is 0 Å². The van der Waals surface area contributed by atoms with Gasteiger partial charge in [0.25, 0.3) is 0 Å². The summed E-state index contributed by atoms with van der Waals surface area (Å²) < 4.78 is 6.53. The molecule has 0 aromatic heterocycles. The summed E-state index contributed by atoms with van der Waals surface area (Å²) in [5.74, 6) is 0.984. The molecule has 126 valence electrons. The average Bonchev–Trinajstić information content (AvgIpc) is 2.40. The molecule has 1 atom stereocenters. The van der Waals surface area contributed by atoms with Crippen LogP contribution in [0.5, 0.6) is 5.75 Å². The predicted molar refractivity (Wildman–Crippen MR) is 96.7 cm³/mol. The van der Waals surface area contributed by atoms with Crippen LogP contribution in [0, 0.1) is 12.8 Å². The van der Waals surface area contributed by atoms with Crippen LogP contribution in [0.4, 0.5) is 0 Å². The Morgan fingerprint density at radius 3 is 2.59 bits per heavy atom. The van der Waals surface area contributed by atoms with Crippen LogP contribution in [0.25, 0.3) is 0 Å². The molecule has 4 nitrogen and oxygen atoms in total. The van der Waals surface area contributed by atoms with Gasteiger partial charge in [0.05, 0.1) is 23.0 Å². The zero-order chi connectivity index (χ0) is 16.0. The van der Waals surface area contributed by atoms with E-state index in [1.807, 2.05) is 45.9 Å². The highest BCUT2D eigenvalue weighted by Crippen LogP contribution is 2.25. The van der Waals surface area contributed by atoms with Crippen molar-refractivity contribution in [2.45, 2.75) is 39.7 Å². The molecule has 0 aliphatic heterocycles. The molecule has 22 heavy (non-hydrogen) atoms. The summed E-state index contributed by atoms with van der Waals surface area (Å²) in [5, 5.41) is 3.00. The highest BCUT2D eigenvalue weighted by Gasteiger charge is 2.28. The van der Waals surface area contributed by atoms with Crippen molar-refractivity contribution in [1.82, 2.24) is 5.32 Å². The summed E-state index contributed by atoms with van der Waals surface area (Å²) in [4.78, 5) is 12.0. The highest BCUT2D eigenvalue weighted by atomic mass is 79.9. The standard InChI is InChI=1S/C16H25BrN2O2.ClH/c1-11(2)16(4,10-18)19-15(20)7-8-21-14-6-5-12(3)9-13(14)17;/h5-6,9,11H,7-8,10,18H2,1-4H3,(H,19,20);1H. The van der Waals surface area contributed by atoms with Crippen molar-refractivity contribution in [3.63, 3.8) is 0 Å². The van der Waals surface area contributed by atoms with Gasteiger partial charge < -0.3 is 15.8 Å². The fraction of sp³-hybridized carbons (Fsp3) is 0.562. The fourth-order valence-electron chi connectivity index (χ4n) is 1.79. The zero-order valence-corrected chi connectivity index (χ0v) is 16.0. The predicted octanol–water partition coefficient (Wildman–Crippen LogP) is 3.44. The minimum Gasteiger partial charge on any atom is -0.492 e. The lowest BCUT2D eigenvalue weighted by Crippen LogP contribution is -2.55. The first-order valence-corrected chi connectivity index (χ1v) is 7.98. The SMILES string of the molecule is Cc1ccc(OCCC(=O)NC(C)(CN)C(C)C)c(Br)c1.Cl. The van der Waals surface area contributed by atoms with Gasteiger partial charge in [-0.25, -0.2) is 0 Å². The summed E-state index contributed by atoms with van der Waals surface area (Å²) in [6, 6.07) is 5.86. The first kappa shape index (κ1) is 21.2. The molecule has 1 aromatic rings. The molecular formula is C16H26BrClN2O2. The second-order valence-corrected chi connectivity index (χ2v) is 6.71. The van der Waals surface area contributed by atoms with Gasteiger partial charge in [-0.05, 0) is 53.4 Å². The maximum Gasteiger partial charge on any atom is 0.223 e. The van der Waals surface area contributed by atoms with E-state index in [1.165, 1.54) is 0 Å². The van der Waals surface area contributed by atoms with E-state index in [4.69, 9.17) is 10.5 Å². The number of nitrogens with two attached hydrogens (primary N) is 1. The van der Waals surface area contributed by atoms with Crippen molar-refractivity contribution in [2.75, 3.05) is 13.2 Å². The van der Waals surface area contributed by atoms with Crippen LogP contribution in [-0.2, 0) is 4.79 Å². The number of hydrogen-bond acceptors (Lipinski definition) is 3. The molecule has 6 heteroatoms. The first-order valence-electron chi connectivity index (χ1n) is 7.18. The van der Waals surface area contributed by atoms with Gasteiger partial charge in [0.2, 0.25) is 5.91 Å². The van der Waals surface area contributed by atoms with Gasteiger partial charge in [0.15, 0.2) is 0 Å². The van der Waals surface area contributed by atoms with Crippen molar-refractivity contribution in [2.24, 2.45) is 11.7 Å². The quantitative estimate of drug-likeness (QED) is 0.746. The molecule has 1 rings (SSSR count). The van der Waals surface area contributed by atoms with Gasteiger partial charge in [-0.1, -0.05) is 19.9 Å². The molecule has 0 radical (unpaired) electrons. The van der Waals surface area contributed by atoms with Gasteiger partial charge in [0.1, 0.15) is 5.75 Å². The Hall–Kier alpha value is -0.780. The lowest BCUT2D eigenvalue weighted by Gasteiger charge is -2.33. The maximum absolute atomic E-state index is 12.0. The molecule has 0 saturated heterocycles. The molecule has 0 fully saturated rings. The topological polar surface area (TPSA) is 64.3 Å². The van der Waals surface area contributed by atoms with Crippen molar-refractivity contribution in [3.8, 4) is 5.75 Å². The lowest BCUT2D eigenvalue weighted by atomic mass is 9.88. The van der Waals surface area contributed by atoms with Gasteiger partial charge in [-0.3, -0.25) is 4.79 Å². The molecular weight excluding hydrogens is 368 g/mol. The number of halogens is 2. The number of hydrogen-bond donors (Lipinski definition) is 2. The number of carbonyl (C=O) groups excluding carboxylic acids is 1. The van der Waals surface area contributed by atoms with E-state index in [-0.39, 0.29) is 29.8 Å². The molecule has 1 unspecified atom stereocenters.